The first kappa shape index (κ1) is 14.6. The topological polar surface area (TPSA) is 9.23 Å². The summed E-state index contributed by atoms with van der Waals surface area (Å²) < 4.78 is 19.0. The van der Waals surface area contributed by atoms with Gasteiger partial charge >= 0.3 is 0 Å². The average molecular weight is 391 g/mol. The van der Waals surface area contributed by atoms with E-state index in [4.69, 9.17) is 16.3 Å². The van der Waals surface area contributed by atoms with Crippen LogP contribution in [0.1, 0.15) is 16.5 Å². The monoisotopic (exact) mass is 390 g/mol. The first-order valence-electron chi connectivity index (χ1n) is 5.82. The van der Waals surface area contributed by atoms with Crippen LogP contribution in [-0.2, 0) is 6.42 Å². The number of alkyl halides is 1. The van der Waals surface area contributed by atoms with Gasteiger partial charge in [-0.1, -0.05) is 18.2 Å². The standard InChI is InChI=1S/C15H13ClFIO/c1-19-12-5-2-10(3-6-12)8-14(16)13-7-4-11(17)9-15(13)18/h2-7,9,14H,8H2,1H3. The Balaban J connectivity index is 2.13. The molecule has 1 atom stereocenters. The van der Waals surface area contributed by atoms with Gasteiger partial charge in [0, 0.05) is 3.57 Å². The van der Waals surface area contributed by atoms with E-state index in [1.165, 1.54) is 12.1 Å². The van der Waals surface area contributed by atoms with Gasteiger partial charge in [0.05, 0.1) is 12.5 Å². The second kappa shape index (κ2) is 6.57. The molecule has 0 fully saturated rings. The Labute approximate surface area is 130 Å². The summed E-state index contributed by atoms with van der Waals surface area (Å²) in [6, 6.07) is 12.5. The molecule has 19 heavy (non-hydrogen) atoms. The lowest BCUT2D eigenvalue weighted by Gasteiger charge is -2.12. The first-order chi connectivity index (χ1) is 9.10. The maximum atomic E-state index is 13.1. The first-order valence-corrected chi connectivity index (χ1v) is 7.33. The lowest BCUT2D eigenvalue weighted by molar-refractivity contribution is 0.414. The van der Waals surface area contributed by atoms with Crippen molar-refractivity contribution in [1.29, 1.82) is 0 Å². The van der Waals surface area contributed by atoms with E-state index in [9.17, 15) is 4.39 Å². The summed E-state index contributed by atoms with van der Waals surface area (Å²) in [7, 11) is 1.64. The molecule has 0 spiro atoms. The summed E-state index contributed by atoms with van der Waals surface area (Å²) in [4.78, 5) is 0. The van der Waals surface area contributed by atoms with Crippen molar-refractivity contribution in [2.24, 2.45) is 0 Å². The van der Waals surface area contributed by atoms with Gasteiger partial charge in [0.2, 0.25) is 0 Å². The Morgan fingerprint density at radius 1 is 1.21 bits per heavy atom. The van der Waals surface area contributed by atoms with E-state index in [0.717, 1.165) is 20.4 Å². The van der Waals surface area contributed by atoms with Crippen LogP contribution >= 0.6 is 34.2 Å². The molecule has 2 aromatic carbocycles. The van der Waals surface area contributed by atoms with Crippen molar-refractivity contribution in [2.45, 2.75) is 11.8 Å². The molecule has 0 aliphatic heterocycles. The number of rotatable bonds is 4. The number of benzene rings is 2. The minimum atomic E-state index is -0.235. The van der Waals surface area contributed by atoms with E-state index in [1.807, 2.05) is 24.3 Å². The molecule has 0 heterocycles. The third-order valence-corrected chi connectivity index (χ3v) is 4.20. The molecule has 1 unspecified atom stereocenters. The highest BCUT2D eigenvalue weighted by Crippen LogP contribution is 2.29. The Morgan fingerprint density at radius 3 is 2.47 bits per heavy atom. The molecule has 0 N–H and O–H groups in total. The van der Waals surface area contributed by atoms with Gasteiger partial charge in [-0.05, 0) is 64.4 Å². The van der Waals surface area contributed by atoms with E-state index >= 15 is 0 Å². The van der Waals surface area contributed by atoms with Gasteiger partial charge in [0.25, 0.3) is 0 Å². The fourth-order valence-corrected chi connectivity index (χ4v) is 3.24. The normalized spacial score (nSPS) is 12.2. The molecule has 0 saturated heterocycles. The van der Waals surface area contributed by atoms with Gasteiger partial charge in [-0.3, -0.25) is 0 Å². The van der Waals surface area contributed by atoms with Crippen LogP contribution in [0.2, 0.25) is 0 Å². The highest BCUT2D eigenvalue weighted by atomic mass is 127. The molecule has 2 rings (SSSR count). The minimum Gasteiger partial charge on any atom is -0.497 e. The van der Waals surface area contributed by atoms with Crippen LogP contribution in [0.4, 0.5) is 4.39 Å². The van der Waals surface area contributed by atoms with Crippen molar-refractivity contribution < 1.29 is 9.13 Å². The van der Waals surface area contributed by atoms with Gasteiger partial charge in [-0.25, -0.2) is 4.39 Å². The number of hydrogen-bond donors (Lipinski definition) is 0. The zero-order chi connectivity index (χ0) is 13.8. The molecule has 100 valence electrons. The largest absolute Gasteiger partial charge is 0.497 e. The molecule has 4 heteroatoms. The Kier molecular flexibility index (Phi) is 5.05. The third-order valence-electron chi connectivity index (χ3n) is 2.87. The molecule has 0 aliphatic rings. The Hall–Kier alpha value is -0.810. The maximum absolute atomic E-state index is 13.1. The summed E-state index contributed by atoms with van der Waals surface area (Å²) in [5, 5.41) is -0.166. The quantitative estimate of drug-likeness (QED) is 0.529. The summed E-state index contributed by atoms with van der Waals surface area (Å²) >= 11 is 8.52. The molecular weight excluding hydrogens is 378 g/mol. The number of ether oxygens (including phenoxy) is 1. The van der Waals surface area contributed by atoms with E-state index < -0.39 is 0 Å². The predicted octanol–water partition coefficient (Wildman–Crippen LogP) is 4.96. The Bertz CT molecular complexity index is 557. The fraction of sp³-hybridized carbons (Fsp3) is 0.200. The molecule has 0 bridgehead atoms. The maximum Gasteiger partial charge on any atom is 0.124 e. The number of hydrogen-bond acceptors (Lipinski definition) is 1. The van der Waals surface area contributed by atoms with E-state index in [0.29, 0.717) is 6.42 Å². The van der Waals surface area contributed by atoms with Gasteiger partial charge in [0.1, 0.15) is 11.6 Å². The average Bonchev–Trinajstić information content (AvgIpc) is 2.39. The lowest BCUT2D eigenvalue weighted by Crippen LogP contribution is -1.99. The van der Waals surface area contributed by atoms with Crippen molar-refractivity contribution in [2.75, 3.05) is 7.11 Å². The van der Waals surface area contributed by atoms with Crippen molar-refractivity contribution in [3.63, 3.8) is 0 Å². The van der Waals surface area contributed by atoms with Crippen LogP contribution < -0.4 is 4.74 Å². The third kappa shape index (κ3) is 3.83. The molecule has 0 radical (unpaired) electrons. The predicted molar refractivity (Wildman–Crippen MR) is 84.4 cm³/mol. The van der Waals surface area contributed by atoms with Crippen LogP contribution in [-0.4, -0.2) is 7.11 Å². The highest BCUT2D eigenvalue weighted by Gasteiger charge is 2.13. The molecule has 2 aromatic rings. The van der Waals surface area contributed by atoms with Crippen molar-refractivity contribution >= 4 is 34.2 Å². The van der Waals surface area contributed by atoms with Gasteiger partial charge in [0.15, 0.2) is 0 Å². The zero-order valence-electron chi connectivity index (χ0n) is 10.4. The SMILES string of the molecule is COc1ccc(CC(Cl)c2ccc(F)cc2I)cc1. The number of methoxy groups -OCH3 is 1. The van der Waals surface area contributed by atoms with E-state index in [2.05, 4.69) is 22.6 Å². The van der Waals surface area contributed by atoms with Gasteiger partial charge < -0.3 is 4.74 Å². The van der Waals surface area contributed by atoms with Crippen molar-refractivity contribution in [3.8, 4) is 5.75 Å². The second-order valence-electron chi connectivity index (χ2n) is 4.19. The van der Waals surface area contributed by atoms with Crippen LogP contribution in [0.25, 0.3) is 0 Å². The minimum absolute atomic E-state index is 0.166. The van der Waals surface area contributed by atoms with Crippen molar-refractivity contribution in [3.05, 3.63) is 63.0 Å². The van der Waals surface area contributed by atoms with Crippen LogP contribution in [0.15, 0.2) is 42.5 Å². The second-order valence-corrected chi connectivity index (χ2v) is 5.87. The Morgan fingerprint density at radius 2 is 1.89 bits per heavy atom. The summed E-state index contributed by atoms with van der Waals surface area (Å²) in [6.07, 6.45) is 0.702. The molecular formula is C15H13ClFIO. The van der Waals surface area contributed by atoms with E-state index in [1.54, 1.807) is 13.2 Å². The summed E-state index contributed by atoms with van der Waals surface area (Å²) in [5.41, 5.74) is 2.08. The lowest BCUT2D eigenvalue weighted by atomic mass is 10.0. The fourth-order valence-electron chi connectivity index (χ4n) is 1.83. The smallest absolute Gasteiger partial charge is 0.124 e. The van der Waals surface area contributed by atoms with Gasteiger partial charge in [-0.15, -0.1) is 11.6 Å². The van der Waals surface area contributed by atoms with Gasteiger partial charge in [-0.2, -0.15) is 0 Å². The van der Waals surface area contributed by atoms with Crippen LogP contribution in [0.3, 0.4) is 0 Å². The zero-order valence-corrected chi connectivity index (χ0v) is 13.3. The molecule has 1 nitrogen and oxygen atoms in total. The molecule has 0 amide bonds. The highest BCUT2D eigenvalue weighted by molar-refractivity contribution is 14.1. The van der Waals surface area contributed by atoms with Crippen LogP contribution in [0, 0.1) is 9.39 Å². The van der Waals surface area contributed by atoms with Crippen LogP contribution in [0.5, 0.6) is 5.75 Å². The molecule has 0 saturated carbocycles. The summed E-state index contributed by atoms with van der Waals surface area (Å²) in [5.74, 6) is 0.590. The molecule has 0 aromatic heterocycles. The molecule has 0 aliphatic carbocycles. The number of halogens is 3. The van der Waals surface area contributed by atoms with E-state index in [-0.39, 0.29) is 11.2 Å². The van der Waals surface area contributed by atoms with Crippen molar-refractivity contribution in [1.82, 2.24) is 0 Å². The summed E-state index contributed by atoms with van der Waals surface area (Å²) in [6.45, 7) is 0.